The molecule has 8 heteroatoms. The van der Waals surface area contributed by atoms with Crippen LogP contribution in [0.25, 0.3) is 6.08 Å². The van der Waals surface area contributed by atoms with E-state index in [1.54, 1.807) is 4.90 Å². The quantitative estimate of drug-likeness (QED) is 0.453. The van der Waals surface area contributed by atoms with E-state index in [-0.39, 0.29) is 5.91 Å². The second-order valence-corrected chi connectivity index (χ2v) is 11.0. The van der Waals surface area contributed by atoms with Gasteiger partial charge in [0.05, 0.1) is 11.9 Å². The maximum atomic E-state index is 13.2. The Balaban J connectivity index is 1.81. The summed E-state index contributed by atoms with van der Waals surface area (Å²) in [5, 5.41) is 0.600. The smallest absolute Gasteiger partial charge is 0.266 e. The van der Waals surface area contributed by atoms with Crippen LogP contribution in [0, 0.1) is 6.92 Å². The molecule has 1 aliphatic rings. The third-order valence-corrected chi connectivity index (χ3v) is 6.70. The van der Waals surface area contributed by atoms with E-state index in [1.807, 2.05) is 49.4 Å². The minimum absolute atomic E-state index is 0.168. The zero-order chi connectivity index (χ0) is 23.3. The number of carbonyl (C=O) groups is 1. The van der Waals surface area contributed by atoms with E-state index in [0.29, 0.717) is 35.5 Å². The molecule has 1 amide bonds. The molecule has 170 valence electrons. The number of nitrogens with zero attached hydrogens (tertiary/aromatic N) is 2. The van der Waals surface area contributed by atoms with Crippen molar-refractivity contribution in [1.82, 2.24) is 4.72 Å². The number of aryl methyl sites for hydroxylation is 1. The molecule has 1 aliphatic heterocycles. The van der Waals surface area contributed by atoms with Crippen molar-refractivity contribution in [2.45, 2.75) is 33.1 Å². The van der Waals surface area contributed by atoms with Crippen molar-refractivity contribution in [1.29, 1.82) is 0 Å². The number of anilines is 1. The van der Waals surface area contributed by atoms with Gasteiger partial charge in [-0.3, -0.25) is 9.69 Å². The van der Waals surface area contributed by atoms with Gasteiger partial charge in [0.1, 0.15) is 5.70 Å². The predicted molar refractivity (Wildman–Crippen MR) is 135 cm³/mol. The molecule has 1 heterocycles. The minimum atomic E-state index is -3.21. The van der Waals surface area contributed by atoms with Gasteiger partial charge in [0, 0.05) is 12.3 Å². The number of amides is 1. The van der Waals surface area contributed by atoms with E-state index in [9.17, 15) is 13.2 Å². The topological polar surface area (TPSA) is 78.8 Å². The molecule has 0 aliphatic carbocycles. The number of hydrogen-bond acceptors (Lipinski definition) is 5. The number of sulfonamides is 1. The second-order valence-electron chi connectivity index (χ2n) is 8.09. The summed E-state index contributed by atoms with van der Waals surface area (Å²) in [6.45, 7) is 6.64. The highest BCUT2D eigenvalue weighted by Gasteiger charge is 2.31. The van der Waals surface area contributed by atoms with E-state index < -0.39 is 10.0 Å². The first-order valence-corrected chi connectivity index (χ1v) is 13.4. The van der Waals surface area contributed by atoms with Crippen molar-refractivity contribution < 1.29 is 13.2 Å². The summed E-state index contributed by atoms with van der Waals surface area (Å²) in [6.07, 6.45) is 3.58. The number of benzene rings is 2. The van der Waals surface area contributed by atoms with Gasteiger partial charge in [-0.2, -0.15) is 0 Å². The summed E-state index contributed by atoms with van der Waals surface area (Å²) in [5.41, 5.74) is 4.43. The van der Waals surface area contributed by atoms with Crippen LogP contribution in [-0.4, -0.2) is 38.0 Å². The average Bonchev–Trinajstić information content (AvgIpc) is 3.03. The third-order valence-electron chi connectivity index (χ3n) is 4.94. The second kappa shape index (κ2) is 10.5. The fourth-order valence-electron chi connectivity index (χ4n) is 3.14. The maximum Gasteiger partial charge on any atom is 0.283 e. The van der Waals surface area contributed by atoms with Crippen molar-refractivity contribution in [3.63, 3.8) is 0 Å². The molecule has 0 unspecified atom stereocenters. The molecule has 0 bridgehead atoms. The SMILES string of the molecule is Cc1ccc(N2C(=O)/C(=C/c3ccc(C(C)C)cc3)N=C2SCCCNS(C)(=O)=O)cc1. The first-order valence-electron chi connectivity index (χ1n) is 10.5. The third kappa shape index (κ3) is 6.54. The van der Waals surface area contributed by atoms with Gasteiger partial charge < -0.3 is 0 Å². The number of nitrogens with one attached hydrogen (secondary N) is 1. The molecule has 3 rings (SSSR count). The van der Waals surface area contributed by atoms with Crippen molar-refractivity contribution in [2.75, 3.05) is 23.5 Å². The summed E-state index contributed by atoms with van der Waals surface area (Å²) < 4.78 is 24.9. The maximum absolute atomic E-state index is 13.2. The van der Waals surface area contributed by atoms with Crippen LogP contribution in [0.3, 0.4) is 0 Å². The number of hydrogen-bond donors (Lipinski definition) is 1. The molecule has 1 N–H and O–H groups in total. The summed E-state index contributed by atoms with van der Waals surface area (Å²) in [7, 11) is -3.21. The predicted octanol–water partition coefficient (Wildman–Crippen LogP) is 4.53. The van der Waals surface area contributed by atoms with Crippen molar-refractivity contribution in [3.8, 4) is 0 Å². The minimum Gasteiger partial charge on any atom is -0.266 e. The molecule has 0 fully saturated rings. The van der Waals surface area contributed by atoms with E-state index in [1.165, 1.54) is 17.3 Å². The van der Waals surface area contributed by atoms with Crippen LogP contribution in [0.1, 0.15) is 42.9 Å². The molecule has 0 aromatic heterocycles. The molecular formula is C24H29N3O3S2. The standard InChI is InChI=1S/C24H29N3O3S2/c1-17(2)20-10-8-19(9-11-20)16-22-23(28)27(21-12-6-18(3)7-13-21)24(26-22)31-15-5-14-25-32(4,29)30/h6-13,16-17,25H,5,14-15H2,1-4H3/b22-16-. The molecular weight excluding hydrogens is 442 g/mol. The van der Waals surface area contributed by atoms with E-state index in [2.05, 4.69) is 35.7 Å². The fraction of sp³-hybridized carbons (Fsp3) is 0.333. The number of aliphatic imine (C=N–C) groups is 1. The number of amidine groups is 1. The van der Waals surface area contributed by atoms with Crippen molar-refractivity contribution in [3.05, 3.63) is 70.9 Å². The van der Waals surface area contributed by atoms with E-state index in [4.69, 9.17) is 0 Å². The largest absolute Gasteiger partial charge is 0.283 e. The highest BCUT2D eigenvalue weighted by atomic mass is 32.2. The lowest BCUT2D eigenvalue weighted by molar-refractivity contribution is -0.113. The number of thioether (sulfide) groups is 1. The molecule has 32 heavy (non-hydrogen) atoms. The Morgan fingerprint density at radius 3 is 2.34 bits per heavy atom. The van der Waals surface area contributed by atoms with Crippen molar-refractivity contribution >= 4 is 44.6 Å². The Hall–Kier alpha value is -2.42. The van der Waals surface area contributed by atoms with E-state index >= 15 is 0 Å². The van der Waals surface area contributed by atoms with Crippen LogP contribution in [0.2, 0.25) is 0 Å². The summed E-state index contributed by atoms with van der Waals surface area (Å²) >= 11 is 1.45. The molecule has 2 aromatic carbocycles. The number of rotatable bonds is 8. The zero-order valence-electron chi connectivity index (χ0n) is 18.8. The van der Waals surface area contributed by atoms with Crippen LogP contribution < -0.4 is 9.62 Å². The highest BCUT2D eigenvalue weighted by Crippen LogP contribution is 2.30. The van der Waals surface area contributed by atoms with Crippen LogP contribution in [0.5, 0.6) is 0 Å². The van der Waals surface area contributed by atoms with Gasteiger partial charge in [0.15, 0.2) is 5.17 Å². The first-order chi connectivity index (χ1) is 15.1. The molecule has 0 radical (unpaired) electrons. The Morgan fingerprint density at radius 2 is 1.75 bits per heavy atom. The van der Waals surface area contributed by atoms with Crippen LogP contribution >= 0.6 is 11.8 Å². The molecule has 6 nitrogen and oxygen atoms in total. The van der Waals surface area contributed by atoms with Gasteiger partial charge in [-0.05, 0) is 48.6 Å². The summed E-state index contributed by atoms with van der Waals surface area (Å²) in [5.74, 6) is 0.909. The molecule has 0 saturated carbocycles. The normalized spacial score (nSPS) is 15.7. The van der Waals surface area contributed by atoms with Crippen LogP contribution in [0.15, 0.2) is 59.2 Å². The van der Waals surface area contributed by atoms with Crippen LogP contribution in [-0.2, 0) is 14.8 Å². The van der Waals surface area contributed by atoms with Gasteiger partial charge in [-0.1, -0.05) is 67.6 Å². The van der Waals surface area contributed by atoms with Gasteiger partial charge in [-0.15, -0.1) is 0 Å². The monoisotopic (exact) mass is 471 g/mol. The average molecular weight is 472 g/mol. The summed E-state index contributed by atoms with van der Waals surface area (Å²) in [4.78, 5) is 19.5. The van der Waals surface area contributed by atoms with Crippen LogP contribution in [0.4, 0.5) is 5.69 Å². The highest BCUT2D eigenvalue weighted by molar-refractivity contribution is 8.14. The van der Waals surface area contributed by atoms with Gasteiger partial charge in [-0.25, -0.2) is 18.1 Å². The molecule has 0 atom stereocenters. The van der Waals surface area contributed by atoms with Gasteiger partial charge in [0.25, 0.3) is 5.91 Å². The van der Waals surface area contributed by atoms with Gasteiger partial charge >= 0.3 is 0 Å². The lowest BCUT2D eigenvalue weighted by Crippen LogP contribution is -2.30. The Bertz CT molecular complexity index is 1120. The Morgan fingerprint density at radius 1 is 1.09 bits per heavy atom. The fourth-order valence-corrected chi connectivity index (χ4v) is 4.61. The lowest BCUT2D eigenvalue weighted by Gasteiger charge is -2.18. The Labute approximate surface area is 194 Å². The Kier molecular flexibility index (Phi) is 7.92. The first kappa shape index (κ1) is 24.2. The molecule has 0 saturated heterocycles. The van der Waals surface area contributed by atoms with Gasteiger partial charge in [0.2, 0.25) is 10.0 Å². The summed E-state index contributed by atoms with van der Waals surface area (Å²) in [6, 6.07) is 15.9. The van der Waals surface area contributed by atoms with E-state index in [0.717, 1.165) is 23.1 Å². The number of carbonyl (C=O) groups excluding carboxylic acids is 1. The molecule has 2 aromatic rings. The lowest BCUT2D eigenvalue weighted by atomic mass is 10.0. The molecule has 0 spiro atoms. The zero-order valence-corrected chi connectivity index (χ0v) is 20.5. The van der Waals surface area contributed by atoms with Crippen molar-refractivity contribution in [2.24, 2.45) is 4.99 Å².